The minimum absolute atomic E-state index is 0.395. The molecule has 2 aromatic carbocycles. The van der Waals surface area contributed by atoms with Gasteiger partial charge in [0, 0.05) is 17.2 Å². The molecule has 112 valence electrons. The highest BCUT2D eigenvalue weighted by molar-refractivity contribution is 6.06. The maximum absolute atomic E-state index is 11.7. The number of fused-ring (bicyclic) bond motifs is 4. The van der Waals surface area contributed by atoms with Gasteiger partial charge in [-0.3, -0.25) is 0 Å². The highest BCUT2D eigenvalue weighted by Crippen LogP contribution is 2.42. The summed E-state index contributed by atoms with van der Waals surface area (Å²) in [6.45, 7) is 2.03. The zero-order valence-electron chi connectivity index (χ0n) is 12.8. The van der Waals surface area contributed by atoms with Crippen molar-refractivity contribution in [2.75, 3.05) is 7.11 Å². The first-order valence-electron chi connectivity index (χ1n) is 7.35. The lowest BCUT2D eigenvalue weighted by atomic mass is 10.1. The van der Waals surface area contributed by atoms with Crippen LogP contribution >= 0.6 is 0 Å². The van der Waals surface area contributed by atoms with Gasteiger partial charge < -0.3 is 4.74 Å². The van der Waals surface area contributed by atoms with Crippen LogP contribution in [0, 0.1) is 6.92 Å². The maximum atomic E-state index is 11.7. The fourth-order valence-electron chi connectivity index (χ4n) is 2.91. The number of aromatic nitrogens is 2. The van der Waals surface area contributed by atoms with E-state index in [9.17, 15) is 4.79 Å². The molecule has 4 rings (SSSR count). The predicted molar refractivity (Wildman–Crippen MR) is 88.8 cm³/mol. The normalized spacial score (nSPS) is 13.9. The van der Waals surface area contributed by atoms with E-state index in [-0.39, 0.29) is 0 Å². The Bertz CT molecular complexity index is 990. The van der Waals surface area contributed by atoms with Crippen molar-refractivity contribution in [2.24, 2.45) is 0 Å². The largest absolute Gasteiger partial charge is 0.466 e. The number of hydrogen-bond donors (Lipinski definition) is 0. The Morgan fingerprint density at radius 3 is 2.52 bits per heavy atom. The molecule has 0 radical (unpaired) electrons. The van der Waals surface area contributed by atoms with Crippen molar-refractivity contribution in [3.8, 4) is 11.3 Å². The fourth-order valence-corrected chi connectivity index (χ4v) is 2.91. The zero-order chi connectivity index (χ0) is 16.0. The van der Waals surface area contributed by atoms with E-state index >= 15 is 0 Å². The number of carbonyl (C=O) groups excluding carboxylic acids is 1. The third-order valence-electron chi connectivity index (χ3n) is 4.01. The van der Waals surface area contributed by atoms with Gasteiger partial charge in [0.1, 0.15) is 0 Å². The van der Waals surface area contributed by atoms with E-state index in [4.69, 9.17) is 14.7 Å². The van der Waals surface area contributed by atoms with Crippen LogP contribution in [0.4, 0.5) is 0 Å². The third-order valence-corrected chi connectivity index (χ3v) is 4.01. The number of rotatable bonds is 1. The molecule has 0 unspecified atom stereocenters. The van der Waals surface area contributed by atoms with Gasteiger partial charge in [-0.2, -0.15) is 0 Å². The summed E-state index contributed by atoms with van der Waals surface area (Å²) >= 11 is 0. The van der Waals surface area contributed by atoms with Gasteiger partial charge >= 0.3 is 5.97 Å². The summed E-state index contributed by atoms with van der Waals surface area (Å²) < 4.78 is 4.78. The summed E-state index contributed by atoms with van der Waals surface area (Å²) in [4.78, 5) is 21.3. The van der Waals surface area contributed by atoms with Crippen molar-refractivity contribution in [1.29, 1.82) is 0 Å². The number of benzene rings is 2. The molecule has 1 aromatic heterocycles. The number of methoxy groups -OCH3 is 1. The lowest BCUT2D eigenvalue weighted by Crippen LogP contribution is -1.98. The smallest absolute Gasteiger partial charge is 0.331 e. The van der Waals surface area contributed by atoms with Crippen molar-refractivity contribution < 1.29 is 9.53 Å². The second-order valence-electron chi connectivity index (χ2n) is 5.54. The molecule has 0 saturated heterocycles. The molecule has 23 heavy (non-hydrogen) atoms. The van der Waals surface area contributed by atoms with E-state index in [2.05, 4.69) is 0 Å². The van der Waals surface area contributed by atoms with Gasteiger partial charge in [0.15, 0.2) is 0 Å². The van der Waals surface area contributed by atoms with E-state index in [1.807, 2.05) is 49.4 Å². The second kappa shape index (κ2) is 5.02. The van der Waals surface area contributed by atoms with Crippen LogP contribution in [0.5, 0.6) is 0 Å². The van der Waals surface area contributed by atoms with Crippen LogP contribution in [0.3, 0.4) is 0 Å². The van der Waals surface area contributed by atoms with Crippen LogP contribution in [-0.4, -0.2) is 23.0 Å². The summed E-state index contributed by atoms with van der Waals surface area (Å²) in [7, 11) is 1.37. The fraction of sp³-hybridized carbons (Fsp3) is 0.105. The molecule has 0 N–H and O–H groups in total. The SMILES string of the molecule is COC(=O)/C=C1/c2ccccc2-c2nc3cc(C)ccc3nc21. The van der Waals surface area contributed by atoms with Gasteiger partial charge in [0.2, 0.25) is 0 Å². The Kier molecular flexibility index (Phi) is 2.98. The lowest BCUT2D eigenvalue weighted by Gasteiger charge is -2.04. The molecule has 1 heterocycles. The van der Waals surface area contributed by atoms with Crippen molar-refractivity contribution in [3.05, 3.63) is 65.4 Å². The van der Waals surface area contributed by atoms with Crippen LogP contribution in [0.15, 0.2) is 48.5 Å². The Labute approximate surface area is 133 Å². The summed E-state index contributed by atoms with van der Waals surface area (Å²) in [5, 5.41) is 0. The molecule has 0 amide bonds. The molecular formula is C19H14N2O2. The molecule has 1 aliphatic carbocycles. The Hall–Kier alpha value is -3.01. The maximum Gasteiger partial charge on any atom is 0.331 e. The van der Waals surface area contributed by atoms with Crippen LogP contribution in [0.1, 0.15) is 16.8 Å². The summed E-state index contributed by atoms with van der Waals surface area (Å²) in [6.07, 6.45) is 1.49. The van der Waals surface area contributed by atoms with Gasteiger partial charge in [-0.25, -0.2) is 14.8 Å². The Morgan fingerprint density at radius 1 is 1.00 bits per heavy atom. The quantitative estimate of drug-likeness (QED) is 0.399. The Balaban J connectivity index is 2.05. The van der Waals surface area contributed by atoms with Crippen LogP contribution in [0.25, 0.3) is 27.9 Å². The molecular weight excluding hydrogens is 288 g/mol. The molecule has 0 spiro atoms. The van der Waals surface area contributed by atoms with E-state index in [0.717, 1.165) is 44.7 Å². The monoisotopic (exact) mass is 302 g/mol. The van der Waals surface area contributed by atoms with Crippen molar-refractivity contribution in [2.45, 2.75) is 6.92 Å². The van der Waals surface area contributed by atoms with Gasteiger partial charge in [-0.15, -0.1) is 0 Å². The van der Waals surface area contributed by atoms with Crippen molar-refractivity contribution >= 4 is 22.6 Å². The zero-order valence-corrected chi connectivity index (χ0v) is 12.8. The highest BCUT2D eigenvalue weighted by atomic mass is 16.5. The topological polar surface area (TPSA) is 52.1 Å². The molecule has 1 aliphatic rings. The van der Waals surface area contributed by atoms with Crippen LogP contribution in [-0.2, 0) is 9.53 Å². The first-order valence-corrected chi connectivity index (χ1v) is 7.35. The van der Waals surface area contributed by atoms with Crippen molar-refractivity contribution in [3.63, 3.8) is 0 Å². The number of aryl methyl sites for hydroxylation is 1. The molecule has 3 aromatic rings. The molecule has 4 nitrogen and oxygen atoms in total. The molecule has 4 heteroatoms. The number of ether oxygens (including phenoxy) is 1. The Morgan fingerprint density at radius 2 is 1.74 bits per heavy atom. The average molecular weight is 302 g/mol. The third kappa shape index (κ3) is 2.11. The molecule has 0 fully saturated rings. The molecule has 0 atom stereocenters. The minimum Gasteiger partial charge on any atom is -0.466 e. The number of hydrogen-bond acceptors (Lipinski definition) is 4. The summed E-state index contributed by atoms with van der Waals surface area (Å²) in [6, 6.07) is 13.9. The van der Waals surface area contributed by atoms with Gasteiger partial charge in [0.05, 0.1) is 29.5 Å². The highest BCUT2D eigenvalue weighted by Gasteiger charge is 2.27. The molecule has 0 saturated carbocycles. The number of carbonyl (C=O) groups is 1. The van der Waals surface area contributed by atoms with E-state index < -0.39 is 5.97 Å². The standard InChI is InChI=1S/C19H14N2O2/c1-11-7-8-15-16(9-11)21-18-13-6-4-3-5-12(13)14(19(18)20-15)10-17(22)23-2/h3-10H,1-2H3/b14-10-. The van der Waals surface area contributed by atoms with Gasteiger partial charge in [-0.1, -0.05) is 30.3 Å². The first kappa shape index (κ1) is 13.6. The van der Waals surface area contributed by atoms with Crippen LogP contribution < -0.4 is 0 Å². The lowest BCUT2D eigenvalue weighted by molar-refractivity contribution is -0.134. The number of esters is 1. The van der Waals surface area contributed by atoms with Gasteiger partial charge in [0.25, 0.3) is 0 Å². The molecule has 0 aliphatic heterocycles. The van der Waals surface area contributed by atoms with Crippen molar-refractivity contribution in [1.82, 2.24) is 9.97 Å². The van der Waals surface area contributed by atoms with Gasteiger partial charge in [-0.05, 0) is 30.2 Å². The summed E-state index contributed by atoms with van der Waals surface area (Å²) in [5.74, 6) is -0.395. The van der Waals surface area contributed by atoms with E-state index in [1.165, 1.54) is 13.2 Å². The van der Waals surface area contributed by atoms with Crippen LogP contribution in [0.2, 0.25) is 0 Å². The minimum atomic E-state index is -0.395. The van der Waals surface area contributed by atoms with E-state index in [0.29, 0.717) is 0 Å². The molecule has 0 bridgehead atoms. The number of nitrogens with zero attached hydrogens (tertiary/aromatic N) is 2. The first-order chi connectivity index (χ1) is 11.2. The van der Waals surface area contributed by atoms with E-state index in [1.54, 1.807) is 0 Å². The predicted octanol–water partition coefficient (Wildman–Crippen LogP) is 3.52. The summed E-state index contributed by atoms with van der Waals surface area (Å²) in [5.41, 5.74) is 7.08. The second-order valence-corrected chi connectivity index (χ2v) is 5.54. The average Bonchev–Trinajstić information content (AvgIpc) is 2.86.